The van der Waals surface area contributed by atoms with Crippen molar-refractivity contribution >= 4 is 27.5 Å². The minimum atomic E-state index is -0.532. The molecule has 13 heteroatoms. The van der Waals surface area contributed by atoms with E-state index in [4.69, 9.17) is 18.9 Å². The Labute approximate surface area is 457 Å². The summed E-state index contributed by atoms with van der Waals surface area (Å²) in [5, 5.41) is 32.9. The van der Waals surface area contributed by atoms with Gasteiger partial charge in [-0.3, -0.25) is 19.4 Å². The second kappa shape index (κ2) is 24.8. The molecule has 10 rings (SSSR count). The lowest BCUT2D eigenvalue weighted by atomic mass is 9.43. The van der Waals surface area contributed by atoms with Crippen LogP contribution in [0.25, 0.3) is 0 Å². The summed E-state index contributed by atoms with van der Waals surface area (Å²) in [4.78, 5) is 26.2. The fourth-order valence-electron chi connectivity index (χ4n) is 18.3. The maximum absolute atomic E-state index is 13.6. The molecule has 0 spiro atoms. The van der Waals surface area contributed by atoms with Gasteiger partial charge in [0.25, 0.3) is 0 Å². The lowest BCUT2D eigenvalue weighted by molar-refractivity contribution is -0.175. The van der Waals surface area contributed by atoms with Gasteiger partial charge in [-0.15, -0.1) is 0 Å². The van der Waals surface area contributed by atoms with Gasteiger partial charge in [0.2, 0.25) is 0 Å². The molecule has 0 bridgehead atoms. The van der Waals surface area contributed by atoms with Gasteiger partial charge in [0.1, 0.15) is 5.78 Å². The van der Waals surface area contributed by atoms with Crippen LogP contribution in [0.1, 0.15) is 193 Å². The molecule has 0 aliphatic heterocycles. The number of fused-ring (bicyclic) bond motifs is 10. The van der Waals surface area contributed by atoms with Gasteiger partial charge in [0, 0.05) is 26.1 Å². The number of carbonyl (C=O) groups excluding carboxylic acids is 2. The van der Waals surface area contributed by atoms with Crippen LogP contribution in [0.3, 0.4) is 0 Å². The number of carbonyl (C=O) groups is 2. The molecule has 2 aromatic heterocycles. The standard InChI is InChI=1S/C29H46N2O4.C23H37BrO3.C6H10N2O.3CH4/c1-19(2)35-21-15-30-31(16-21)17-26(32)25-9-8-23-22-7-6-20-14-27(3,33)12-13-29(20,18-34-5)24(22)10-11-28(23,25)4;1-21(26)10-11-23(14-27-3)15(12-21)4-5-16-17-6-7-19(20(25)13-24)22(17,2)9-8-18(16)23;1-5(2)9-6-3-7-8-4-6;;;/h15-16,19-20,22-25,33H,6-14,17-18H2,1-5H3;15-19,26H,4-14H2,1-3H3;3-5H,1-2H3,(H,7,8);3*1H4/t20-,22+,23+,24+,25-,27-,28+,29-;15-,16+,17+,18+,19-,21-,22+,23-;;;;/m11..../s1. The highest BCUT2D eigenvalue weighted by Gasteiger charge is 2.65. The number of hydrogen-bond donors (Lipinski definition) is 3. The number of aliphatic hydroxyl groups is 2. The Bertz CT molecular complexity index is 2090. The molecule has 8 aliphatic carbocycles. The van der Waals surface area contributed by atoms with Crippen molar-refractivity contribution in [1.29, 1.82) is 0 Å². The fraction of sp³-hybridized carbons (Fsp3) is 0.869. The molecule has 74 heavy (non-hydrogen) atoms. The van der Waals surface area contributed by atoms with Gasteiger partial charge in [0.15, 0.2) is 17.3 Å². The van der Waals surface area contributed by atoms with Crippen molar-refractivity contribution in [3.63, 3.8) is 0 Å². The van der Waals surface area contributed by atoms with Crippen LogP contribution in [0.5, 0.6) is 11.5 Å². The van der Waals surface area contributed by atoms with E-state index in [9.17, 15) is 19.8 Å². The van der Waals surface area contributed by atoms with E-state index in [1.807, 2.05) is 62.0 Å². The first-order chi connectivity index (χ1) is 33.6. The van der Waals surface area contributed by atoms with Crippen LogP contribution < -0.4 is 9.47 Å². The molecule has 424 valence electrons. The lowest BCUT2D eigenvalue weighted by Crippen LogP contribution is -2.58. The summed E-state index contributed by atoms with van der Waals surface area (Å²) in [5.41, 5.74) is -0.296. The maximum Gasteiger partial charge on any atom is 0.157 e. The van der Waals surface area contributed by atoms with Crippen molar-refractivity contribution in [3.05, 3.63) is 24.8 Å². The van der Waals surface area contributed by atoms with Crippen molar-refractivity contribution in [1.82, 2.24) is 20.0 Å². The highest BCUT2D eigenvalue weighted by molar-refractivity contribution is 9.09. The Morgan fingerprint density at radius 1 is 0.649 bits per heavy atom. The van der Waals surface area contributed by atoms with Gasteiger partial charge >= 0.3 is 0 Å². The van der Waals surface area contributed by atoms with Crippen molar-refractivity contribution < 1.29 is 38.7 Å². The SMILES string of the molecule is C.C.C.CC(C)Oc1cn[nH]c1.COC[C@]12CC[C@@](C)(O)C[C@H]1CC[C@H]1[C@@H]3CC[C@H](C(=O)CBr)[C@@]3(C)CC[C@@H]12.COC[C@]12CC[C@@](C)(O)C[C@H]1CC[C@H]1[C@@H]3CC[C@H](C(=O)Cn4cc(OC(C)C)cn4)[C@@]3(C)CC[C@@H]12. The number of alkyl halides is 1. The molecule has 0 radical (unpaired) electrons. The third-order valence-electron chi connectivity index (χ3n) is 21.2. The number of methoxy groups -OCH3 is 2. The van der Waals surface area contributed by atoms with E-state index in [0.29, 0.717) is 64.9 Å². The number of rotatable bonds is 13. The van der Waals surface area contributed by atoms with Gasteiger partial charge in [-0.1, -0.05) is 52.1 Å². The first kappa shape index (κ1) is 62.5. The topological polar surface area (TPSA) is 158 Å². The largest absolute Gasteiger partial charge is 0.488 e. The zero-order valence-electron chi connectivity index (χ0n) is 45.4. The van der Waals surface area contributed by atoms with Crippen LogP contribution in [-0.2, 0) is 25.6 Å². The summed E-state index contributed by atoms with van der Waals surface area (Å²) in [5.74, 6) is 7.91. The smallest absolute Gasteiger partial charge is 0.157 e. The summed E-state index contributed by atoms with van der Waals surface area (Å²) in [6.45, 7) is 18.9. The van der Waals surface area contributed by atoms with Crippen LogP contribution >= 0.6 is 15.9 Å². The number of ketones is 2. The van der Waals surface area contributed by atoms with Gasteiger partial charge in [-0.2, -0.15) is 10.2 Å². The van der Waals surface area contributed by atoms with Crippen molar-refractivity contribution in [2.45, 2.75) is 223 Å². The molecule has 3 N–H and O–H groups in total. The van der Waals surface area contributed by atoms with E-state index >= 15 is 0 Å². The predicted octanol–water partition coefficient (Wildman–Crippen LogP) is 13.4. The highest BCUT2D eigenvalue weighted by Crippen LogP contribution is 2.70. The Morgan fingerprint density at radius 3 is 1.55 bits per heavy atom. The molecule has 8 fully saturated rings. The Hall–Kier alpha value is -2.32. The molecule has 0 saturated heterocycles. The van der Waals surface area contributed by atoms with E-state index < -0.39 is 11.2 Å². The number of hydrogen-bond acceptors (Lipinski definition) is 10. The quantitative estimate of drug-likeness (QED) is 0.165. The number of aromatic amines is 1. The number of halogens is 1. The number of nitrogens with zero attached hydrogens (tertiary/aromatic N) is 3. The third-order valence-corrected chi connectivity index (χ3v) is 21.7. The Balaban J connectivity index is 0.000000231. The maximum atomic E-state index is 13.6. The number of ether oxygens (including phenoxy) is 4. The monoisotopic (exact) mass is 1100 g/mol. The number of nitrogens with one attached hydrogen (secondary N) is 1. The molecule has 2 aromatic rings. The fourth-order valence-corrected chi connectivity index (χ4v) is 18.7. The minimum Gasteiger partial charge on any atom is -0.488 e. The molecule has 8 saturated carbocycles. The average Bonchev–Trinajstić information content (AvgIpc) is 4.13. The van der Waals surface area contributed by atoms with Gasteiger partial charge in [-0.25, -0.2) is 0 Å². The molecule has 0 unspecified atom stereocenters. The molecule has 2 heterocycles. The summed E-state index contributed by atoms with van der Waals surface area (Å²) in [6.07, 6.45) is 27.3. The van der Waals surface area contributed by atoms with Gasteiger partial charge in [0.05, 0.1) is 73.3 Å². The minimum absolute atomic E-state index is 0. The molecule has 12 nitrogen and oxygen atoms in total. The molecule has 0 amide bonds. The summed E-state index contributed by atoms with van der Waals surface area (Å²) in [6, 6.07) is 0. The Morgan fingerprint density at radius 2 is 1.12 bits per heavy atom. The van der Waals surface area contributed by atoms with E-state index in [-0.39, 0.29) is 68.0 Å². The Kier molecular flexibility index (Phi) is 20.9. The first-order valence-electron chi connectivity index (χ1n) is 28.0. The molecule has 16 atom stereocenters. The van der Waals surface area contributed by atoms with Crippen LogP contribution in [0.4, 0.5) is 0 Å². The van der Waals surface area contributed by atoms with Crippen molar-refractivity contribution in [3.8, 4) is 11.5 Å². The summed E-state index contributed by atoms with van der Waals surface area (Å²) < 4.78 is 24.5. The number of Topliss-reactive ketones (excluding diaryl/α,β-unsaturated/α-hetero) is 2. The van der Waals surface area contributed by atoms with Crippen LogP contribution in [0, 0.1) is 80.8 Å². The van der Waals surface area contributed by atoms with E-state index in [1.165, 1.54) is 57.8 Å². The second-order valence-corrected chi connectivity index (χ2v) is 26.7. The molecule has 8 aliphatic rings. The predicted molar refractivity (Wildman–Crippen MR) is 300 cm³/mol. The summed E-state index contributed by atoms with van der Waals surface area (Å²) >= 11 is 3.43. The van der Waals surface area contributed by atoms with Gasteiger partial charge in [-0.05, 0) is 226 Å². The lowest BCUT2D eigenvalue weighted by Gasteiger charge is -2.62. The summed E-state index contributed by atoms with van der Waals surface area (Å²) in [7, 11) is 3.71. The number of H-pyrrole nitrogens is 1. The zero-order chi connectivity index (χ0) is 51.1. The molecule has 0 aromatic carbocycles. The van der Waals surface area contributed by atoms with Gasteiger partial charge < -0.3 is 29.2 Å². The zero-order valence-corrected chi connectivity index (χ0v) is 46.9. The highest BCUT2D eigenvalue weighted by atomic mass is 79.9. The van der Waals surface area contributed by atoms with Crippen molar-refractivity contribution in [2.24, 2.45) is 80.8 Å². The van der Waals surface area contributed by atoms with Crippen molar-refractivity contribution in [2.75, 3.05) is 32.8 Å². The first-order valence-corrected chi connectivity index (χ1v) is 29.1. The van der Waals surface area contributed by atoms with Crippen LogP contribution in [0.15, 0.2) is 24.8 Å². The normalized spacial score (nSPS) is 40.5. The van der Waals surface area contributed by atoms with E-state index in [0.717, 1.165) is 88.4 Å². The van der Waals surface area contributed by atoms with E-state index in [1.54, 1.807) is 23.3 Å². The number of aromatic nitrogens is 4. The molecular formula is C61H105BrN4O8. The van der Waals surface area contributed by atoms with Crippen LogP contribution in [-0.4, -0.2) is 97.9 Å². The third kappa shape index (κ3) is 12.3. The average molecular weight is 1100 g/mol. The molecular weight excluding hydrogens is 997 g/mol. The van der Waals surface area contributed by atoms with E-state index in [2.05, 4.69) is 45.1 Å². The van der Waals surface area contributed by atoms with Crippen LogP contribution in [0.2, 0.25) is 0 Å². The second-order valence-electron chi connectivity index (χ2n) is 26.1.